The van der Waals surface area contributed by atoms with Crippen LogP contribution in [0.25, 0.3) is 0 Å². The molecule has 0 amide bonds. The van der Waals surface area contributed by atoms with Crippen LogP contribution in [0, 0.1) is 26.6 Å². The van der Waals surface area contributed by atoms with Crippen molar-refractivity contribution in [3.05, 3.63) is 34.1 Å². The average molecular weight is 166 g/mol. The molecule has 0 aliphatic heterocycles. The highest BCUT2D eigenvalue weighted by atomic mass is 19.1. The summed E-state index contributed by atoms with van der Waals surface area (Å²) in [5, 5.41) is 0. The van der Waals surface area contributed by atoms with E-state index < -0.39 is 5.82 Å². The normalized spacial score (nSPS) is 10.0. The van der Waals surface area contributed by atoms with Gasteiger partial charge >= 0.3 is 0 Å². The third-order valence-electron chi connectivity index (χ3n) is 2.28. The van der Waals surface area contributed by atoms with Gasteiger partial charge in [-0.15, -0.1) is 0 Å². The van der Waals surface area contributed by atoms with E-state index in [-0.39, 0.29) is 5.56 Å². The largest absolute Gasteiger partial charge is 0.298 e. The van der Waals surface area contributed by atoms with E-state index in [1.807, 2.05) is 13.8 Å². The maximum Gasteiger partial charge on any atom is 0.153 e. The minimum absolute atomic E-state index is 0.179. The predicted molar refractivity (Wildman–Crippen MR) is 46.0 cm³/mol. The minimum Gasteiger partial charge on any atom is -0.298 e. The number of aldehydes is 1. The molecule has 64 valence electrons. The van der Waals surface area contributed by atoms with Gasteiger partial charge in [0.05, 0.1) is 5.56 Å². The van der Waals surface area contributed by atoms with Crippen molar-refractivity contribution in [3.63, 3.8) is 0 Å². The lowest BCUT2D eigenvalue weighted by molar-refractivity contribution is 0.111. The molecular weight excluding hydrogens is 155 g/mol. The van der Waals surface area contributed by atoms with Crippen molar-refractivity contribution in [2.24, 2.45) is 0 Å². The standard InChI is InChI=1S/C10H11FO/c1-6-4-10(11)9(5-12)8(3)7(6)2/h4-5H,1-3H3. The first-order valence-corrected chi connectivity index (χ1v) is 3.79. The topological polar surface area (TPSA) is 17.1 Å². The van der Waals surface area contributed by atoms with Crippen LogP contribution in [-0.2, 0) is 0 Å². The van der Waals surface area contributed by atoms with Crippen LogP contribution >= 0.6 is 0 Å². The van der Waals surface area contributed by atoms with E-state index in [1.54, 1.807) is 6.92 Å². The molecule has 0 aliphatic rings. The number of hydrogen-bond acceptors (Lipinski definition) is 1. The van der Waals surface area contributed by atoms with Gasteiger partial charge in [-0.2, -0.15) is 0 Å². The number of hydrogen-bond donors (Lipinski definition) is 0. The zero-order valence-corrected chi connectivity index (χ0v) is 7.44. The molecule has 0 saturated carbocycles. The van der Waals surface area contributed by atoms with Crippen molar-refractivity contribution < 1.29 is 9.18 Å². The Bertz CT molecular complexity index is 329. The molecular formula is C10H11FO. The summed E-state index contributed by atoms with van der Waals surface area (Å²) in [7, 11) is 0. The Balaban J connectivity index is 3.51. The third kappa shape index (κ3) is 1.24. The molecule has 1 aromatic carbocycles. The fourth-order valence-corrected chi connectivity index (χ4v) is 1.20. The van der Waals surface area contributed by atoms with Crippen molar-refractivity contribution in [3.8, 4) is 0 Å². The van der Waals surface area contributed by atoms with Crippen molar-refractivity contribution in [2.45, 2.75) is 20.8 Å². The molecule has 0 saturated heterocycles. The van der Waals surface area contributed by atoms with E-state index >= 15 is 0 Å². The van der Waals surface area contributed by atoms with Gasteiger partial charge in [-0.25, -0.2) is 4.39 Å². The first-order chi connectivity index (χ1) is 5.57. The van der Waals surface area contributed by atoms with E-state index in [2.05, 4.69) is 0 Å². The number of benzene rings is 1. The molecule has 0 atom stereocenters. The van der Waals surface area contributed by atoms with Crippen molar-refractivity contribution in [1.82, 2.24) is 0 Å². The average Bonchev–Trinajstić information content (AvgIpc) is 2.01. The fraction of sp³-hybridized carbons (Fsp3) is 0.300. The lowest BCUT2D eigenvalue weighted by Crippen LogP contribution is -1.97. The quantitative estimate of drug-likeness (QED) is 0.586. The Hall–Kier alpha value is -1.18. The molecule has 2 heteroatoms. The summed E-state index contributed by atoms with van der Waals surface area (Å²) < 4.78 is 13.1. The van der Waals surface area contributed by atoms with Crippen LogP contribution in [0.1, 0.15) is 27.0 Å². The maximum atomic E-state index is 13.1. The zero-order chi connectivity index (χ0) is 9.30. The number of aryl methyl sites for hydroxylation is 1. The highest BCUT2D eigenvalue weighted by Gasteiger charge is 2.08. The zero-order valence-electron chi connectivity index (χ0n) is 7.44. The molecule has 0 N–H and O–H groups in total. The molecule has 0 unspecified atom stereocenters. The molecule has 1 nitrogen and oxygen atoms in total. The minimum atomic E-state index is -0.425. The van der Waals surface area contributed by atoms with E-state index in [1.165, 1.54) is 6.07 Å². The highest BCUT2D eigenvalue weighted by molar-refractivity contribution is 5.78. The van der Waals surface area contributed by atoms with Crippen LogP contribution in [-0.4, -0.2) is 6.29 Å². The molecule has 0 aliphatic carbocycles. The summed E-state index contributed by atoms with van der Waals surface area (Å²) in [6.45, 7) is 5.48. The van der Waals surface area contributed by atoms with Gasteiger partial charge in [-0.05, 0) is 43.5 Å². The first kappa shape index (κ1) is 8.91. The summed E-state index contributed by atoms with van der Waals surface area (Å²) in [6.07, 6.45) is 0.567. The number of rotatable bonds is 1. The summed E-state index contributed by atoms with van der Waals surface area (Å²) >= 11 is 0. The summed E-state index contributed by atoms with van der Waals surface area (Å²) in [5.74, 6) is -0.425. The molecule has 0 bridgehead atoms. The SMILES string of the molecule is Cc1cc(F)c(C=O)c(C)c1C. The molecule has 0 spiro atoms. The Kier molecular flexibility index (Phi) is 2.27. The van der Waals surface area contributed by atoms with E-state index in [9.17, 15) is 9.18 Å². The van der Waals surface area contributed by atoms with Crippen LogP contribution in [0.15, 0.2) is 6.07 Å². The number of carbonyl (C=O) groups is 1. The second-order valence-corrected chi connectivity index (χ2v) is 2.96. The number of carbonyl (C=O) groups excluding carboxylic acids is 1. The molecule has 0 aromatic heterocycles. The van der Waals surface area contributed by atoms with Gasteiger partial charge in [-0.3, -0.25) is 4.79 Å². The second kappa shape index (κ2) is 3.05. The molecule has 1 aromatic rings. The lowest BCUT2D eigenvalue weighted by atomic mass is 9.99. The summed E-state index contributed by atoms with van der Waals surface area (Å²) in [6, 6.07) is 1.39. The molecule has 0 fully saturated rings. The van der Waals surface area contributed by atoms with Gasteiger partial charge in [0.15, 0.2) is 6.29 Å². The van der Waals surface area contributed by atoms with Crippen LogP contribution in [0.4, 0.5) is 4.39 Å². The summed E-state index contributed by atoms with van der Waals surface area (Å²) in [4.78, 5) is 10.5. The first-order valence-electron chi connectivity index (χ1n) is 3.79. The van der Waals surface area contributed by atoms with Crippen LogP contribution in [0.2, 0.25) is 0 Å². The number of halogens is 1. The second-order valence-electron chi connectivity index (χ2n) is 2.96. The molecule has 0 radical (unpaired) electrons. The van der Waals surface area contributed by atoms with Crippen molar-refractivity contribution >= 4 is 6.29 Å². The lowest BCUT2D eigenvalue weighted by Gasteiger charge is -2.07. The summed E-state index contributed by atoms with van der Waals surface area (Å²) in [5.41, 5.74) is 2.79. The molecule has 0 heterocycles. The van der Waals surface area contributed by atoms with Gasteiger partial charge in [-0.1, -0.05) is 0 Å². The molecule has 12 heavy (non-hydrogen) atoms. The van der Waals surface area contributed by atoms with E-state index in [0.717, 1.165) is 16.7 Å². The Morgan fingerprint density at radius 1 is 1.25 bits per heavy atom. The highest BCUT2D eigenvalue weighted by Crippen LogP contribution is 2.18. The van der Waals surface area contributed by atoms with E-state index in [4.69, 9.17) is 0 Å². The van der Waals surface area contributed by atoms with Gasteiger partial charge in [0.1, 0.15) is 5.82 Å². The fourth-order valence-electron chi connectivity index (χ4n) is 1.20. The predicted octanol–water partition coefficient (Wildman–Crippen LogP) is 2.56. The Morgan fingerprint density at radius 2 is 1.83 bits per heavy atom. The smallest absolute Gasteiger partial charge is 0.153 e. The van der Waals surface area contributed by atoms with Crippen LogP contribution < -0.4 is 0 Å². The Labute approximate surface area is 71.2 Å². The van der Waals surface area contributed by atoms with E-state index in [0.29, 0.717) is 6.29 Å². The van der Waals surface area contributed by atoms with Crippen molar-refractivity contribution in [2.75, 3.05) is 0 Å². The third-order valence-corrected chi connectivity index (χ3v) is 2.28. The molecule has 1 rings (SSSR count). The van der Waals surface area contributed by atoms with Gasteiger partial charge in [0, 0.05) is 0 Å². The van der Waals surface area contributed by atoms with Gasteiger partial charge < -0.3 is 0 Å². The van der Waals surface area contributed by atoms with Crippen LogP contribution in [0.5, 0.6) is 0 Å². The maximum absolute atomic E-state index is 13.1. The van der Waals surface area contributed by atoms with Gasteiger partial charge in [0.2, 0.25) is 0 Å². The van der Waals surface area contributed by atoms with Crippen molar-refractivity contribution in [1.29, 1.82) is 0 Å². The monoisotopic (exact) mass is 166 g/mol. The van der Waals surface area contributed by atoms with Crippen LogP contribution in [0.3, 0.4) is 0 Å². The van der Waals surface area contributed by atoms with Gasteiger partial charge in [0.25, 0.3) is 0 Å². The Morgan fingerprint density at radius 3 is 2.33 bits per heavy atom.